The van der Waals surface area contributed by atoms with Gasteiger partial charge in [0.25, 0.3) is 0 Å². The van der Waals surface area contributed by atoms with Gasteiger partial charge in [0.1, 0.15) is 0 Å². The second kappa shape index (κ2) is 50.2. The molecule has 0 aromatic rings. The maximum atomic E-state index is 12.0. The molecular formula is C48H92O5Sn. The van der Waals surface area contributed by atoms with Crippen molar-refractivity contribution in [1.29, 1.82) is 0 Å². The number of rotatable bonds is 41. The fraction of sp³-hybridized carbons (Fsp3) is 0.875. The molecule has 54 heavy (non-hydrogen) atoms. The number of allylic oxidation sites excluding steroid dienone is 4. The predicted octanol–water partition coefficient (Wildman–Crippen LogP) is 15.0. The Labute approximate surface area is 347 Å². The molecule has 0 fully saturated rings. The first-order chi connectivity index (χ1) is 26.5. The van der Waals surface area contributed by atoms with Crippen LogP contribution in [0.4, 0.5) is 0 Å². The van der Waals surface area contributed by atoms with Crippen LogP contribution >= 0.6 is 0 Å². The second-order valence-corrected chi connectivity index (χ2v) is 19.7. The molecule has 0 spiro atoms. The molecule has 2 radical (unpaired) electrons. The van der Waals surface area contributed by atoms with Crippen molar-refractivity contribution in [3.05, 3.63) is 24.3 Å². The Morgan fingerprint density at radius 3 is 1.13 bits per heavy atom. The van der Waals surface area contributed by atoms with E-state index in [0.717, 1.165) is 38.5 Å². The van der Waals surface area contributed by atoms with Crippen molar-refractivity contribution < 1.29 is 24.2 Å². The normalized spacial score (nSPS) is 11.9. The third-order valence-corrected chi connectivity index (χ3v) is 13.9. The van der Waals surface area contributed by atoms with Crippen molar-refractivity contribution in [2.45, 2.75) is 255 Å². The number of aliphatic hydroxyl groups is 1. The molecule has 1 unspecified atom stereocenters. The Morgan fingerprint density at radius 2 is 0.759 bits per heavy atom. The monoisotopic (exact) mass is 869 g/mol. The fourth-order valence-electron chi connectivity index (χ4n) is 6.18. The molecule has 0 aromatic heterocycles. The van der Waals surface area contributed by atoms with Crippen molar-refractivity contribution in [2.75, 3.05) is 13.2 Å². The summed E-state index contributed by atoms with van der Waals surface area (Å²) >= 11 is 0.149. The zero-order valence-corrected chi connectivity index (χ0v) is 39.5. The second-order valence-electron chi connectivity index (χ2n) is 15.4. The van der Waals surface area contributed by atoms with E-state index < -0.39 is 18.0 Å². The van der Waals surface area contributed by atoms with E-state index in [-0.39, 0.29) is 27.6 Å². The van der Waals surface area contributed by atoms with E-state index in [1.54, 1.807) is 8.87 Å². The molecule has 0 saturated heterocycles. The molecule has 1 N–H and O–H groups in total. The Balaban J connectivity index is 0. The van der Waals surface area contributed by atoms with Crippen LogP contribution in [0, 0.1) is 0 Å². The molecule has 0 aliphatic carbocycles. The summed E-state index contributed by atoms with van der Waals surface area (Å²) in [7, 11) is 0. The van der Waals surface area contributed by atoms with Gasteiger partial charge in [-0.2, -0.15) is 0 Å². The van der Waals surface area contributed by atoms with E-state index in [2.05, 4.69) is 52.0 Å². The zero-order chi connectivity index (χ0) is 39.8. The van der Waals surface area contributed by atoms with Crippen LogP contribution in [0.5, 0.6) is 0 Å². The van der Waals surface area contributed by atoms with Gasteiger partial charge in [-0.1, -0.05) is 154 Å². The quantitative estimate of drug-likeness (QED) is 0.0287. The van der Waals surface area contributed by atoms with Crippen LogP contribution in [-0.2, 0) is 19.1 Å². The van der Waals surface area contributed by atoms with Gasteiger partial charge in [0.2, 0.25) is 0 Å². The van der Waals surface area contributed by atoms with Crippen molar-refractivity contribution in [3.63, 3.8) is 0 Å². The van der Waals surface area contributed by atoms with E-state index in [9.17, 15) is 14.7 Å². The van der Waals surface area contributed by atoms with Gasteiger partial charge in [-0.3, -0.25) is 4.79 Å². The molecule has 0 aliphatic rings. The summed E-state index contributed by atoms with van der Waals surface area (Å²) in [6.07, 6.45) is 47.8. The summed E-state index contributed by atoms with van der Waals surface area (Å²) in [5, 5.41) is 9.98. The minimum atomic E-state index is -1.44. The molecule has 6 heteroatoms. The molecule has 1 atom stereocenters. The Kier molecular flexibility index (Phi) is 51.4. The number of hydrogen-bond donors (Lipinski definition) is 1. The topological polar surface area (TPSA) is 72.8 Å². The van der Waals surface area contributed by atoms with E-state index in [1.807, 2.05) is 0 Å². The number of hydrogen-bond acceptors (Lipinski definition) is 5. The van der Waals surface area contributed by atoms with Crippen LogP contribution in [0.25, 0.3) is 0 Å². The van der Waals surface area contributed by atoms with Gasteiger partial charge in [0.05, 0.1) is 19.6 Å². The molecule has 0 bridgehead atoms. The first-order valence-corrected chi connectivity index (χ1v) is 27.6. The maximum absolute atomic E-state index is 12.0. The van der Waals surface area contributed by atoms with E-state index >= 15 is 0 Å². The van der Waals surface area contributed by atoms with Crippen LogP contribution in [-0.4, -0.2) is 57.5 Å². The molecule has 0 aliphatic heterocycles. The first kappa shape index (κ1) is 55.3. The number of carbonyl (C=O) groups is 2. The van der Waals surface area contributed by atoms with Crippen molar-refractivity contribution in [3.8, 4) is 0 Å². The summed E-state index contributed by atoms with van der Waals surface area (Å²) in [5.74, 6) is -1.26. The summed E-state index contributed by atoms with van der Waals surface area (Å²) in [6, 6.07) is 0. The van der Waals surface area contributed by atoms with Crippen LogP contribution < -0.4 is 0 Å². The Hall–Kier alpha value is -0.821. The number of unbranched alkanes of at least 4 members (excludes halogenated alkanes) is 26. The minimum absolute atomic E-state index is 0.149. The molecular weight excluding hydrogens is 775 g/mol. The molecule has 318 valence electrons. The number of ether oxygens (including phenoxy) is 2. The van der Waals surface area contributed by atoms with Crippen molar-refractivity contribution >= 4 is 33.1 Å². The van der Waals surface area contributed by atoms with E-state index in [1.165, 1.54) is 167 Å². The molecule has 0 saturated carbocycles. The first-order valence-electron chi connectivity index (χ1n) is 23.5. The average molecular weight is 868 g/mol. The van der Waals surface area contributed by atoms with Gasteiger partial charge in [-0.05, 0) is 64.2 Å². The number of aliphatic hydroxyl groups excluding tert-OH is 1. The van der Waals surface area contributed by atoms with Crippen molar-refractivity contribution in [2.24, 2.45) is 0 Å². The fourth-order valence-corrected chi connectivity index (χ4v) is 10.3. The van der Waals surface area contributed by atoms with Gasteiger partial charge in [0.15, 0.2) is 6.10 Å². The summed E-state index contributed by atoms with van der Waals surface area (Å²) in [4.78, 5) is 23.9. The van der Waals surface area contributed by atoms with Crippen LogP contribution in [0.2, 0.25) is 8.87 Å². The number of esters is 2. The molecule has 0 heterocycles. The Morgan fingerprint density at radius 1 is 0.444 bits per heavy atom. The zero-order valence-electron chi connectivity index (χ0n) is 36.6. The molecule has 0 amide bonds. The molecule has 0 aromatic carbocycles. The summed E-state index contributed by atoms with van der Waals surface area (Å²) in [6.45, 7) is 9.74. The molecule has 5 nitrogen and oxygen atoms in total. The third-order valence-electron chi connectivity index (χ3n) is 9.87. The molecule has 0 rings (SSSR count). The van der Waals surface area contributed by atoms with Crippen LogP contribution in [0.3, 0.4) is 0 Å². The van der Waals surface area contributed by atoms with E-state index in [0.29, 0.717) is 13.2 Å². The Bertz CT molecular complexity index is 792. The van der Waals surface area contributed by atoms with E-state index in [4.69, 9.17) is 9.47 Å². The van der Waals surface area contributed by atoms with Crippen molar-refractivity contribution in [1.82, 2.24) is 0 Å². The third kappa shape index (κ3) is 49.2. The predicted molar refractivity (Wildman–Crippen MR) is 237 cm³/mol. The van der Waals surface area contributed by atoms with Gasteiger partial charge in [-0.15, -0.1) is 0 Å². The standard InChI is InChI=1S/C40H74O5.2C4H9.Sn/c1-3-5-7-9-11-13-15-17-19-21-23-25-27-29-31-33-35-44-39(42)37-38(41)40(43)45-36-34-32-30-28-26-24-22-20-18-16-14-12-10-8-6-4-2;2*1-3-4-2;/h17-20,38,41H,3-16,21-37H2,1-2H3;2*1,3-4H2,2H3;/b19-17-,20-18-;;;. The van der Waals surface area contributed by atoms with Gasteiger partial charge in [0, 0.05) is 0 Å². The van der Waals surface area contributed by atoms with Gasteiger partial charge < -0.3 is 14.6 Å². The van der Waals surface area contributed by atoms with Crippen LogP contribution in [0.15, 0.2) is 24.3 Å². The van der Waals surface area contributed by atoms with Gasteiger partial charge in [-0.25, -0.2) is 4.79 Å². The van der Waals surface area contributed by atoms with Crippen LogP contribution in [0.1, 0.15) is 240 Å². The summed E-state index contributed by atoms with van der Waals surface area (Å²) in [5.41, 5.74) is 0. The SMILES string of the molecule is CCCCCCCC/C=C\CCCCCCCCOC(=O)CC(O)C(=O)OCCCCCCCC/C=C\CCCCCCCC.CCC[CH2][Sn][CH2]CCC. The van der Waals surface area contributed by atoms with Gasteiger partial charge >= 0.3 is 81.5 Å². The number of carbonyl (C=O) groups excluding carboxylic acids is 2. The average Bonchev–Trinajstić information content (AvgIpc) is 3.17. The summed E-state index contributed by atoms with van der Waals surface area (Å²) < 4.78 is 13.6.